The van der Waals surface area contributed by atoms with Crippen LogP contribution in [0.25, 0.3) is 0 Å². The van der Waals surface area contributed by atoms with Crippen LogP contribution in [0.3, 0.4) is 0 Å². The van der Waals surface area contributed by atoms with Gasteiger partial charge in [0.25, 0.3) is 0 Å². The Balaban J connectivity index is -0.000000120. The molecule has 44 valence electrons. The van der Waals surface area contributed by atoms with E-state index >= 15 is 0 Å². The topological polar surface area (TPSA) is 18.5 Å². The second-order valence-electron chi connectivity index (χ2n) is 1.22. The van der Waals surface area contributed by atoms with Gasteiger partial charge in [-0.25, -0.2) is 0 Å². The molecule has 1 aliphatic rings. The Bertz CT molecular complexity index is 34.0. The monoisotopic (exact) mass is 126 g/mol. The first-order chi connectivity index (χ1) is 3.00. The number of rotatable bonds is 0. The Morgan fingerprint density at radius 3 is 1.25 bits per heavy atom. The Kier molecular flexibility index (Phi) is 11.9. The minimum Gasteiger partial charge on any atom is -1.00 e. The second-order valence-corrected chi connectivity index (χ2v) is 1.22. The minimum absolute atomic E-state index is 0. The van der Waals surface area contributed by atoms with Gasteiger partial charge in [0, 0.05) is 0 Å². The van der Waals surface area contributed by atoms with E-state index in [0.717, 1.165) is 26.4 Å². The van der Waals surface area contributed by atoms with Crippen molar-refractivity contribution in [3.63, 3.8) is 0 Å². The predicted octanol–water partition coefficient (Wildman–Crippen LogP) is -4.03. The maximum atomic E-state index is 4.94. The second kappa shape index (κ2) is 8.05. The van der Waals surface area contributed by atoms with Crippen LogP contribution in [0.15, 0.2) is 0 Å². The van der Waals surface area contributed by atoms with Gasteiger partial charge in [-0.15, -0.1) is 0 Å². The molecule has 0 saturated carbocycles. The van der Waals surface area contributed by atoms with E-state index in [4.69, 9.17) is 9.47 Å². The molecular formula is C4H12AlLiO2. The largest absolute Gasteiger partial charge is 1.00 e. The third-order valence-electron chi connectivity index (χ3n) is 0.744. The van der Waals surface area contributed by atoms with E-state index in [0.29, 0.717) is 0 Å². The summed E-state index contributed by atoms with van der Waals surface area (Å²) in [6.07, 6.45) is 0. The maximum absolute atomic E-state index is 4.94. The van der Waals surface area contributed by atoms with E-state index < -0.39 is 0 Å². The van der Waals surface area contributed by atoms with Crippen molar-refractivity contribution in [3.05, 3.63) is 0 Å². The SMILES string of the molecule is C1COCCO1.[AlH3].[H-].[Li+]. The van der Waals surface area contributed by atoms with Gasteiger partial charge in [-0.2, -0.15) is 0 Å². The average molecular weight is 126 g/mol. The zero-order valence-electron chi connectivity index (χ0n) is 5.64. The van der Waals surface area contributed by atoms with Gasteiger partial charge in [0.05, 0.1) is 26.4 Å². The molecule has 0 bridgehead atoms. The van der Waals surface area contributed by atoms with Gasteiger partial charge in [-0.1, -0.05) is 0 Å². The van der Waals surface area contributed by atoms with Gasteiger partial charge in [-0.3, -0.25) is 0 Å². The van der Waals surface area contributed by atoms with E-state index in [1.807, 2.05) is 0 Å². The fraction of sp³-hybridized carbons (Fsp3) is 1.00. The number of hydrogen-bond acceptors (Lipinski definition) is 2. The van der Waals surface area contributed by atoms with E-state index in [9.17, 15) is 0 Å². The zero-order valence-corrected chi connectivity index (χ0v) is 4.64. The standard InChI is InChI=1S/C4H8O2.Al.Li.4H/c1-2-6-4-3-5-1;;;;;;/h1-4H2;;;;;;/q;;+1;;;;-1. The Labute approximate surface area is 73.7 Å². The molecule has 0 spiro atoms. The Morgan fingerprint density at radius 1 is 0.875 bits per heavy atom. The van der Waals surface area contributed by atoms with Crippen LogP contribution in [0.5, 0.6) is 0 Å². The first-order valence-electron chi connectivity index (χ1n) is 2.15. The molecule has 4 heteroatoms. The van der Waals surface area contributed by atoms with E-state index in [-0.39, 0.29) is 37.6 Å². The normalized spacial score (nSPS) is 18.0. The molecule has 0 atom stereocenters. The molecule has 0 N–H and O–H groups in total. The fourth-order valence-electron chi connectivity index (χ4n) is 0.440. The molecule has 1 aliphatic heterocycles. The first kappa shape index (κ1) is 11.8. The van der Waals surface area contributed by atoms with Crippen LogP contribution in [0, 0.1) is 0 Å². The third-order valence-corrected chi connectivity index (χ3v) is 0.744. The molecule has 0 unspecified atom stereocenters. The fourth-order valence-corrected chi connectivity index (χ4v) is 0.440. The average Bonchev–Trinajstić information content (AvgIpc) is 1.72. The van der Waals surface area contributed by atoms with Crippen molar-refractivity contribution in [2.75, 3.05) is 26.4 Å². The zero-order chi connectivity index (χ0) is 4.24. The summed E-state index contributed by atoms with van der Waals surface area (Å²) in [5.74, 6) is 0. The molecule has 1 heterocycles. The van der Waals surface area contributed by atoms with Crippen LogP contribution in [-0.2, 0) is 9.47 Å². The summed E-state index contributed by atoms with van der Waals surface area (Å²) in [5.41, 5.74) is 0. The molecule has 1 rings (SSSR count). The predicted molar refractivity (Wildman–Crippen MR) is 32.7 cm³/mol. The minimum atomic E-state index is 0. The van der Waals surface area contributed by atoms with E-state index in [1.54, 1.807) is 0 Å². The third kappa shape index (κ3) is 5.19. The van der Waals surface area contributed by atoms with Gasteiger partial charge in [-0.05, 0) is 0 Å². The summed E-state index contributed by atoms with van der Waals surface area (Å²) in [6.45, 7) is 3.11. The Morgan fingerprint density at radius 2 is 1.12 bits per heavy atom. The molecular weight excluding hydrogens is 114 g/mol. The molecule has 0 amide bonds. The first-order valence-corrected chi connectivity index (χ1v) is 2.15. The molecule has 0 aromatic carbocycles. The van der Waals surface area contributed by atoms with Crippen molar-refractivity contribution >= 4 is 17.4 Å². The van der Waals surface area contributed by atoms with Crippen LogP contribution >= 0.6 is 0 Å². The summed E-state index contributed by atoms with van der Waals surface area (Å²) < 4.78 is 9.89. The number of ether oxygens (including phenoxy) is 2. The number of hydrogen-bond donors (Lipinski definition) is 0. The van der Waals surface area contributed by atoms with Crippen LogP contribution in [-0.4, -0.2) is 43.8 Å². The van der Waals surface area contributed by atoms with Gasteiger partial charge < -0.3 is 10.9 Å². The van der Waals surface area contributed by atoms with Crippen LogP contribution in [0.2, 0.25) is 0 Å². The van der Waals surface area contributed by atoms with Crippen LogP contribution in [0.4, 0.5) is 0 Å². The quantitative estimate of drug-likeness (QED) is 0.308. The summed E-state index contributed by atoms with van der Waals surface area (Å²) in [5, 5.41) is 0. The smallest absolute Gasteiger partial charge is 1.00 e. The Hall–Kier alpha value is 1.05. The van der Waals surface area contributed by atoms with Crippen molar-refractivity contribution in [1.82, 2.24) is 0 Å². The summed E-state index contributed by atoms with van der Waals surface area (Å²) >= 11 is 0. The molecule has 0 aromatic heterocycles. The molecule has 0 aliphatic carbocycles. The molecule has 0 aromatic rings. The van der Waals surface area contributed by atoms with E-state index in [2.05, 4.69) is 0 Å². The summed E-state index contributed by atoms with van der Waals surface area (Å²) in [4.78, 5) is 0. The van der Waals surface area contributed by atoms with Crippen molar-refractivity contribution in [3.8, 4) is 0 Å². The summed E-state index contributed by atoms with van der Waals surface area (Å²) in [6, 6.07) is 0. The van der Waals surface area contributed by atoms with Crippen molar-refractivity contribution in [2.45, 2.75) is 0 Å². The van der Waals surface area contributed by atoms with Crippen LogP contribution < -0.4 is 18.9 Å². The molecule has 1 saturated heterocycles. The van der Waals surface area contributed by atoms with Crippen molar-refractivity contribution in [1.29, 1.82) is 0 Å². The van der Waals surface area contributed by atoms with Crippen molar-refractivity contribution < 1.29 is 29.8 Å². The van der Waals surface area contributed by atoms with Gasteiger partial charge in [0.15, 0.2) is 17.4 Å². The molecule has 0 radical (unpaired) electrons. The molecule has 2 nitrogen and oxygen atoms in total. The maximum Gasteiger partial charge on any atom is 1.00 e. The summed E-state index contributed by atoms with van der Waals surface area (Å²) in [7, 11) is 0. The van der Waals surface area contributed by atoms with Gasteiger partial charge in [0.2, 0.25) is 0 Å². The molecule has 8 heavy (non-hydrogen) atoms. The van der Waals surface area contributed by atoms with Crippen molar-refractivity contribution in [2.24, 2.45) is 0 Å². The van der Waals surface area contributed by atoms with Gasteiger partial charge >= 0.3 is 18.9 Å². The van der Waals surface area contributed by atoms with Crippen LogP contribution in [0.1, 0.15) is 1.43 Å². The van der Waals surface area contributed by atoms with Gasteiger partial charge in [0.1, 0.15) is 0 Å². The molecule has 1 fully saturated rings. The van der Waals surface area contributed by atoms with E-state index in [1.165, 1.54) is 0 Å².